The van der Waals surface area contributed by atoms with Crippen LogP contribution in [0.3, 0.4) is 0 Å². The largest absolute Gasteiger partial charge is 0.460 e. The molecule has 0 spiro atoms. The molecule has 0 bridgehead atoms. The summed E-state index contributed by atoms with van der Waals surface area (Å²) in [6.45, 7) is 1.82. The number of para-hydroxylation sites is 1. The molecule has 0 aliphatic heterocycles. The third-order valence-electron chi connectivity index (χ3n) is 4.77. The van der Waals surface area contributed by atoms with Gasteiger partial charge in [0, 0.05) is 11.8 Å². The quantitative estimate of drug-likeness (QED) is 0.778. The van der Waals surface area contributed by atoms with Crippen LogP contribution in [0.15, 0.2) is 59.0 Å². The summed E-state index contributed by atoms with van der Waals surface area (Å²) in [5, 5.41) is 14.3. The summed E-state index contributed by atoms with van der Waals surface area (Å²) in [4.78, 5) is 12.6. The molecule has 1 unspecified atom stereocenters. The van der Waals surface area contributed by atoms with Crippen LogP contribution in [-0.4, -0.2) is 17.1 Å². The number of rotatable bonds is 3. The first-order valence-electron chi connectivity index (χ1n) is 8.18. The summed E-state index contributed by atoms with van der Waals surface area (Å²) >= 11 is 0. The topological polar surface area (TPSA) is 62.5 Å². The van der Waals surface area contributed by atoms with Crippen molar-refractivity contribution in [1.82, 2.24) is 5.32 Å². The molecule has 2 aromatic carbocycles. The Morgan fingerprint density at radius 3 is 2.79 bits per heavy atom. The Hall–Kier alpha value is -2.59. The van der Waals surface area contributed by atoms with E-state index in [1.165, 1.54) is 0 Å². The van der Waals surface area contributed by atoms with E-state index in [-0.39, 0.29) is 11.9 Å². The number of aliphatic hydroxyl groups excluding tert-OH is 1. The Balaban J connectivity index is 1.55. The standard InChI is InChI=1S/C20H19NO3/c1-12(18-11-14-7-3-5-9-17(14)24-18)20(23)21-19-15-8-4-2-6-13(15)10-16(19)22/h2-9,11-12,16,19,22H,10H2,1H3,(H,21,23)/t12?,16-,19+/m0/s1. The van der Waals surface area contributed by atoms with E-state index in [2.05, 4.69) is 5.32 Å². The number of nitrogens with one attached hydrogen (secondary N) is 1. The lowest BCUT2D eigenvalue weighted by Crippen LogP contribution is -2.36. The molecule has 4 rings (SSSR count). The fraction of sp³-hybridized carbons (Fsp3) is 0.250. The van der Waals surface area contributed by atoms with Crippen molar-refractivity contribution in [3.63, 3.8) is 0 Å². The number of carbonyl (C=O) groups is 1. The molecule has 1 aromatic heterocycles. The van der Waals surface area contributed by atoms with Crippen molar-refractivity contribution in [2.75, 3.05) is 0 Å². The third-order valence-corrected chi connectivity index (χ3v) is 4.77. The molecule has 2 N–H and O–H groups in total. The number of aliphatic hydroxyl groups is 1. The highest BCUT2D eigenvalue weighted by Crippen LogP contribution is 2.32. The minimum atomic E-state index is -0.589. The van der Waals surface area contributed by atoms with Crippen LogP contribution in [0.5, 0.6) is 0 Å². The lowest BCUT2D eigenvalue weighted by molar-refractivity contribution is -0.124. The Morgan fingerprint density at radius 2 is 1.96 bits per heavy atom. The molecule has 1 amide bonds. The smallest absolute Gasteiger partial charge is 0.231 e. The maximum Gasteiger partial charge on any atom is 0.231 e. The van der Waals surface area contributed by atoms with E-state index >= 15 is 0 Å². The number of hydrogen-bond acceptors (Lipinski definition) is 3. The molecule has 4 nitrogen and oxygen atoms in total. The maximum atomic E-state index is 12.6. The van der Waals surface area contributed by atoms with Gasteiger partial charge in [-0.2, -0.15) is 0 Å². The predicted molar refractivity (Wildman–Crippen MR) is 91.7 cm³/mol. The highest BCUT2D eigenvalue weighted by molar-refractivity contribution is 5.85. The molecule has 0 fully saturated rings. The minimum absolute atomic E-state index is 0.144. The summed E-state index contributed by atoms with van der Waals surface area (Å²) in [6, 6.07) is 17.1. The number of amides is 1. The van der Waals surface area contributed by atoms with E-state index in [0.29, 0.717) is 12.2 Å². The van der Waals surface area contributed by atoms with Gasteiger partial charge in [-0.15, -0.1) is 0 Å². The lowest BCUT2D eigenvalue weighted by Gasteiger charge is -2.20. The molecular weight excluding hydrogens is 302 g/mol. The highest BCUT2D eigenvalue weighted by atomic mass is 16.3. The van der Waals surface area contributed by atoms with Crippen LogP contribution >= 0.6 is 0 Å². The zero-order valence-corrected chi connectivity index (χ0v) is 13.4. The maximum absolute atomic E-state index is 12.6. The zero-order chi connectivity index (χ0) is 16.7. The average Bonchev–Trinajstić information content (AvgIpc) is 3.15. The monoisotopic (exact) mass is 321 g/mol. The van der Waals surface area contributed by atoms with Gasteiger partial charge in [0.2, 0.25) is 5.91 Å². The Kier molecular flexibility index (Phi) is 3.62. The second-order valence-corrected chi connectivity index (χ2v) is 6.36. The second-order valence-electron chi connectivity index (χ2n) is 6.36. The van der Waals surface area contributed by atoms with Crippen LogP contribution in [0.4, 0.5) is 0 Å². The van der Waals surface area contributed by atoms with Gasteiger partial charge in [0.25, 0.3) is 0 Å². The number of fused-ring (bicyclic) bond motifs is 2. The second kappa shape index (κ2) is 5.80. The summed E-state index contributed by atoms with van der Waals surface area (Å²) in [6.07, 6.45) is -0.0191. The summed E-state index contributed by atoms with van der Waals surface area (Å²) < 4.78 is 5.79. The van der Waals surface area contributed by atoms with E-state index in [0.717, 1.165) is 22.1 Å². The van der Waals surface area contributed by atoms with Crippen molar-refractivity contribution >= 4 is 16.9 Å². The van der Waals surface area contributed by atoms with Crippen molar-refractivity contribution < 1.29 is 14.3 Å². The van der Waals surface area contributed by atoms with Crippen LogP contribution in [0.25, 0.3) is 11.0 Å². The molecule has 1 aliphatic carbocycles. The summed E-state index contributed by atoms with van der Waals surface area (Å²) in [5.41, 5.74) is 2.86. The molecule has 3 aromatic rings. The number of furan rings is 1. The number of hydrogen-bond donors (Lipinski definition) is 2. The van der Waals surface area contributed by atoms with Gasteiger partial charge in [-0.05, 0) is 30.2 Å². The lowest BCUT2D eigenvalue weighted by atomic mass is 10.0. The van der Waals surface area contributed by atoms with Crippen LogP contribution in [0, 0.1) is 0 Å². The fourth-order valence-corrected chi connectivity index (χ4v) is 3.37. The first-order chi connectivity index (χ1) is 11.6. The fourth-order valence-electron chi connectivity index (χ4n) is 3.37. The average molecular weight is 321 g/mol. The Morgan fingerprint density at radius 1 is 1.21 bits per heavy atom. The van der Waals surface area contributed by atoms with Gasteiger partial charge in [0.1, 0.15) is 11.3 Å². The minimum Gasteiger partial charge on any atom is -0.460 e. The Labute approximate surface area is 140 Å². The van der Waals surface area contributed by atoms with Crippen molar-refractivity contribution in [3.05, 3.63) is 71.5 Å². The molecular formula is C20H19NO3. The predicted octanol–water partition coefficient (Wildman–Crippen LogP) is 3.31. The molecule has 3 atom stereocenters. The van der Waals surface area contributed by atoms with E-state index in [9.17, 15) is 9.90 Å². The molecule has 0 saturated heterocycles. The van der Waals surface area contributed by atoms with Crippen molar-refractivity contribution in [1.29, 1.82) is 0 Å². The SMILES string of the molecule is CC(C(=O)N[C@@H]1c2ccccc2C[C@@H]1O)c1cc2ccccc2o1. The zero-order valence-electron chi connectivity index (χ0n) is 13.4. The van der Waals surface area contributed by atoms with Gasteiger partial charge in [-0.25, -0.2) is 0 Å². The number of carbonyl (C=O) groups excluding carboxylic acids is 1. The highest BCUT2D eigenvalue weighted by Gasteiger charge is 2.33. The van der Waals surface area contributed by atoms with E-state index in [1.54, 1.807) is 0 Å². The Bertz CT molecular complexity index is 866. The third kappa shape index (κ3) is 2.49. The van der Waals surface area contributed by atoms with Crippen LogP contribution in [0.1, 0.15) is 35.8 Å². The normalized spacial score (nSPS) is 20.8. The molecule has 24 heavy (non-hydrogen) atoms. The van der Waals surface area contributed by atoms with Crippen molar-refractivity contribution in [2.24, 2.45) is 0 Å². The van der Waals surface area contributed by atoms with E-state index in [4.69, 9.17) is 4.42 Å². The van der Waals surface area contributed by atoms with Gasteiger partial charge in [0.05, 0.1) is 18.1 Å². The molecule has 1 aliphatic rings. The van der Waals surface area contributed by atoms with Crippen molar-refractivity contribution in [2.45, 2.75) is 31.4 Å². The van der Waals surface area contributed by atoms with Crippen LogP contribution in [-0.2, 0) is 11.2 Å². The van der Waals surface area contributed by atoms with Gasteiger partial charge in [-0.1, -0.05) is 42.5 Å². The van der Waals surface area contributed by atoms with E-state index in [1.807, 2.05) is 61.5 Å². The van der Waals surface area contributed by atoms with Crippen LogP contribution < -0.4 is 5.32 Å². The van der Waals surface area contributed by atoms with Crippen molar-refractivity contribution in [3.8, 4) is 0 Å². The molecule has 4 heteroatoms. The first kappa shape index (κ1) is 15.0. The first-order valence-corrected chi connectivity index (χ1v) is 8.18. The molecule has 1 heterocycles. The number of benzene rings is 2. The molecule has 122 valence electrons. The van der Waals surface area contributed by atoms with Crippen LogP contribution in [0.2, 0.25) is 0 Å². The van der Waals surface area contributed by atoms with Gasteiger partial charge >= 0.3 is 0 Å². The summed E-state index contributed by atoms with van der Waals surface area (Å²) in [5.74, 6) is 0.0710. The molecule has 0 saturated carbocycles. The van der Waals surface area contributed by atoms with Gasteiger partial charge in [0.15, 0.2) is 0 Å². The van der Waals surface area contributed by atoms with Gasteiger partial charge in [-0.3, -0.25) is 4.79 Å². The summed E-state index contributed by atoms with van der Waals surface area (Å²) in [7, 11) is 0. The van der Waals surface area contributed by atoms with E-state index < -0.39 is 12.0 Å². The van der Waals surface area contributed by atoms with Gasteiger partial charge < -0.3 is 14.8 Å². The molecule has 0 radical (unpaired) electrons.